The lowest BCUT2D eigenvalue weighted by Gasteiger charge is -2.12. The Balaban J connectivity index is 1.35. The van der Waals surface area contributed by atoms with Crippen LogP contribution in [-0.4, -0.2) is 29.1 Å². The fourth-order valence-corrected chi connectivity index (χ4v) is 4.92. The second-order valence-corrected chi connectivity index (χ2v) is 9.57. The fraction of sp³-hybridized carbons (Fsp3) is 0.100. The molecule has 4 aromatic carbocycles. The van der Waals surface area contributed by atoms with E-state index in [1.165, 1.54) is 12.0 Å². The first kappa shape index (κ1) is 24.3. The molecule has 2 amide bonds. The Morgan fingerprint density at radius 1 is 0.919 bits per heavy atom. The van der Waals surface area contributed by atoms with Gasteiger partial charge in [-0.1, -0.05) is 72.3 Å². The van der Waals surface area contributed by atoms with Gasteiger partial charge in [-0.15, -0.1) is 0 Å². The van der Waals surface area contributed by atoms with Crippen LogP contribution in [0.15, 0.2) is 89.8 Å². The van der Waals surface area contributed by atoms with E-state index in [2.05, 4.69) is 0 Å². The van der Waals surface area contributed by atoms with Gasteiger partial charge < -0.3 is 9.47 Å². The maximum atomic E-state index is 13.0. The van der Waals surface area contributed by atoms with Gasteiger partial charge in [0.15, 0.2) is 11.5 Å². The normalized spacial score (nSPS) is 14.4. The summed E-state index contributed by atoms with van der Waals surface area (Å²) in [6, 6.07) is 25.8. The van der Waals surface area contributed by atoms with E-state index in [-0.39, 0.29) is 23.4 Å². The third-order valence-corrected chi connectivity index (χ3v) is 6.94. The molecule has 184 valence electrons. The molecule has 0 aliphatic carbocycles. The van der Waals surface area contributed by atoms with E-state index >= 15 is 0 Å². The van der Waals surface area contributed by atoms with E-state index in [0.29, 0.717) is 21.8 Å². The molecule has 0 N–H and O–H groups in total. The first-order chi connectivity index (χ1) is 17.9. The molecule has 4 aromatic rings. The Kier molecular flexibility index (Phi) is 6.79. The molecule has 1 fully saturated rings. The number of amides is 2. The molecule has 1 aliphatic heterocycles. The molecule has 0 radical (unpaired) electrons. The molecule has 6 nitrogen and oxygen atoms in total. The number of carbonyl (C=O) groups is 3. The van der Waals surface area contributed by atoms with Crippen LogP contribution in [0.2, 0.25) is 0 Å². The highest BCUT2D eigenvalue weighted by Crippen LogP contribution is 2.35. The predicted octanol–water partition coefficient (Wildman–Crippen LogP) is 6.61. The zero-order valence-electron chi connectivity index (χ0n) is 20.3. The van der Waals surface area contributed by atoms with Crippen molar-refractivity contribution in [2.75, 3.05) is 7.11 Å². The number of fused-ring (bicyclic) bond motifs is 1. The van der Waals surface area contributed by atoms with Gasteiger partial charge >= 0.3 is 5.97 Å². The summed E-state index contributed by atoms with van der Waals surface area (Å²) >= 11 is 0.898. The molecule has 7 heteroatoms. The Bertz CT molecular complexity index is 1550. The largest absolute Gasteiger partial charge is 0.493 e. The highest BCUT2D eigenvalue weighted by molar-refractivity contribution is 8.18. The molecule has 0 saturated carbocycles. The minimum atomic E-state index is -0.500. The number of rotatable bonds is 6. The fourth-order valence-electron chi connectivity index (χ4n) is 4.08. The first-order valence-corrected chi connectivity index (χ1v) is 12.4. The van der Waals surface area contributed by atoms with Crippen LogP contribution in [0.25, 0.3) is 16.8 Å². The molecule has 1 aliphatic rings. The number of hydrogen-bond acceptors (Lipinski definition) is 6. The van der Waals surface area contributed by atoms with Crippen LogP contribution in [0.5, 0.6) is 11.5 Å². The highest BCUT2D eigenvalue weighted by atomic mass is 32.2. The average Bonchev–Trinajstić information content (AvgIpc) is 3.17. The third kappa shape index (κ3) is 5.13. The Hall–Kier alpha value is -4.36. The van der Waals surface area contributed by atoms with Gasteiger partial charge in [0.25, 0.3) is 11.1 Å². The minimum absolute atomic E-state index is 0.217. The molecule has 0 unspecified atom stereocenters. The Morgan fingerprint density at radius 3 is 2.46 bits per heavy atom. The standard InChI is InChI=1S/C30H23NO5S/c1-19-10-12-20(13-11-19)18-31-28(32)27(37-30(31)34)17-21-14-15-25(26(16-21)35-2)36-29(33)24-9-5-7-22-6-3-4-8-23(22)24/h3-17H,18H2,1-2H3/b27-17-. The van der Waals surface area contributed by atoms with Crippen molar-refractivity contribution in [1.29, 1.82) is 0 Å². The van der Waals surface area contributed by atoms with Gasteiger partial charge in [0.1, 0.15) is 0 Å². The second-order valence-electron chi connectivity index (χ2n) is 8.58. The zero-order chi connectivity index (χ0) is 25.9. The smallest absolute Gasteiger partial charge is 0.344 e. The van der Waals surface area contributed by atoms with E-state index in [1.54, 1.807) is 30.3 Å². The maximum Gasteiger partial charge on any atom is 0.344 e. The van der Waals surface area contributed by atoms with Crippen molar-refractivity contribution in [2.24, 2.45) is 0 Å². The summed E-state index contributed by atoms with van der Waals surface area (Å²) in [7, 11) is 1.48. The molecule has 0 spiro atoms. The van der Waals surface area contributed by atoms with Crippen molar-refractivity contribution in [3.05, 3.63) is 112 Å². The van der Waals surface area contributed by atoms with Gasteiger partial charge in [-0.05, 0) is 64.9 Å². The molecule has 1 saturated heterocycles. The number of esters is 1. The average molecular weight is 510 g/mol. The number of thioether (sulfide) groups is 1. The lowest BCUT2D eigenvalue weighted by molar-refractivity contribution is -0.123. The molecule has 37 heavy (non-hydrogen) atoms. The van der Waals surface area contributed by atoms with Gasteiger partial charge in [0.2, 0.25) is 0 Å². The van der Waals surface area contributed by atoms with Crippen LogP contribution in [0.3, 0.4) is 0 Å². The number of benzene rings is 4. The van der Waals surface area contributed by atoms with Gasteiger partial charge in [-0.3, -0.25) is 14.5 Å². The van der Waals surface area contributed by atoms with Crippen LogP contribution in [-0.2, 0) is 11.3 Å². The number of carbonyl (C=O) groups excluding carboxylic acids is 3. The quantitative estimate of drug-likeness (QED) is 0.165. The molecule has 0 aromatic heterocycles. The van der Waals surface area contributed by atoms with Gasteiger partial charge in [-0.2, -0.15) is 0 Å². The van der Waals surface area contributed by atoms with Crippen LogP contribution in [0.4, 0.5) is 4.79 Å². The number of aryl methyl sites for hydroxylation is 1. The SMILES string of the molecule is COc1cc(/C=C2\SC(=O)N(Cc3ccc(C)cc3)C2=O)ccc1OC(=O)c1cccc2ccccc12. The van der Waals surface area contributed by atoms with Crippen LogP contribution in [0.1, 0.15) is 27.0 Å². The van der Waals surface area contributed by atoms with Gasteiger partial charge in [0.05, 0.1) is 24.1 Å². The van der Waals surface area contributed by atoms with Crippen molar-refractivity contribution in [3.63, 3.8) is 0 Å². The van der Waals surface area contributed by atoms with Gasteiger partial charge in [0, 0.05) is 0 Å². The van der Waals surface area contributed by atoms with Crippen LogP contribution < -0.4 is 9.47 Å². The van der Waals surface area contributed by atoms with Crippen molar-refractivity contribution in [1.82, 2.24) is 4.90 Å². The molecular formula is C30H23NO5S. The summed E-state index contributed by atoms with van der Waals surface area (Å²) in [5.41, 5.74) is 3.08. The van der Waals surface area contributed by atoms with E-state index < -0.39 is 5.97 Å². The first-order valence-electron chi connectivity index (χ1n) is 11.6. The maximum absolute atomic E-state index is 13.0. The number of methoxy groups -OCH3 is 1. The highest BCUT2D eigenvalue weighted by Gasteiger charge is 2.35. The number of imide groups is 1. The third-order valence-electron chi connectivity index (χ3n) is 6.03. The molecule has 0 bridgehead atoms. The van der Waals surface area contributed by atoms with Crippen molar-refractivity contribution in [3.8, 4) is 11.5 Å². The summed E-state index contributed by atoms with van der Waals surface area (Å²) in [5.74, 6) is -0.257. The molecule has 5 rings (SSSR count). The summed E-state index contributed by atoms with van der Waals surface area (Å²) in [6.07, 6.45) is 1.64. The zero-order valence-corrected chi connectivity index (χ0v) is 21.1. The monoisotopic (exact) mass is 509 g/mol. The minimum Gasteiger partial charge on any atom is -0.493 e. The Morgan fingerprint density at radius 2 is 1.68 bits per heavy atom. The van der Waals surface area contributed by atoms with Crippen molar-refractivity contribution in [2.45, 2.75) is 13.5 Å². The van der Waals surface area contributed by atoms with Crippen molar-refractivity contribution < 1.29 is 23.9 Å². The summed E-state index contributed by atoms with van der Waals surface area (Å²) in [4.78, 5) is 40.0. The summed E-state index contributed by atoms with van der Waals surface area (Å²) < 4.78 is 11.1. The number of ether oxygens (including phenoxy) is 2. The predicted molar refractivity (Wildman–Crippen MR) is 145 cm³/mol. The second kappa shape index (κ2) is 10.3. The van der Waals surface area contributed by atoms with Crippen molar-refractivity contribution >= 4 is 45.7 Å². The molecule has 1 heterocycles. The van der Waals surface area contributed by atoms with Crippen LogP contribution in [0, 0.1) is 6.92 Å². The molecule has 0 atom stereocenters. The van der Waals surface area contributed by atoms with E-state index in [4.69, 9.17) is 9.47 Å². The topological polar surface area (TPSA) is 72.9 Å². The summed E-state index contributed by atoms with van der Waals surface area (Å²) in [5, 5.41) is 1.42. The number of nitrogens with zero attached hydrogens (tertiary/aromatic N) is 1. The van der Waals surface area contributed by atoms with Gasteiger partial charge in [-0.25, -0.2) is 4.79 Å². The lowest BCUT2D eigenvalue weighted by atomic mass is 10.0. The van der Waals surface area contributed by atoms with E-state index in [1.807, 2.05) is 67.6 Å². The van der Waals surface area contributed by atoms with E-state index in [0.717, 1.165) is 33.7 Å². The summed E-state index contributed by atoms with van der Waals surface area (Å²) in [6.45, 7) is 2.20. The number of hydrogen-bond donors (Lipinski definition) is 0. The molecular weight excluding hydrogens is 486 g/mol. The Labute approximate surface area is 218 Å². The lowest BCUT2D eigenvalue weighted by Crippen LogP contribution is -2.27. The van der Waals surface area contributed by atoms with Crippen LogP contribution >= 0.6 is 11.8 Å². The van der Waals surface area contributed by atoms with E-state index in [9.17, 15) is 14.4 Å².